The lowest BCUT2D eigenvalue weighted by atomic mass is 10.1. The van der Waals surface area contributed by atoms with E-state index in [1.54, 1.807) is 4.68 Å². The molecule has 0 aliphatic carbocycles. The Morgan fingerprint density at radius 2 is 2.19 bits per heavy atom. The van der Waals surface area contributed by atoms with Gasteiger partial charge in [-0.15, -0.1) is 0 Å². The first-order valence-electron chi connectivity index (χ1n) is 5.55. The lowest BCUT2D eigenvalue weighted by Gasteiger charge is -2.15. The van der Waals surface area contributed by atoms with Crippen LogP contribution in [0.2, 0.25) is 0 Å². The molecule has 5 heteroatoms. The number of amides is 1. The summed E-state index contributed by atoms with van der Waals surface area (Å²) in [5.74, 6) is 0.0658. The fraction of sp³-hybridized carbons (Fsp3) is 0.636. The molecule has 1 amide bonds. The van der Waals surface area contributed by atoms with E-state index >= 15 is 0 Å². The molecule has 0 radical (unpaired) electrons. The van der Waals surface area contributed by atoms with E-state index in [0.29, 0.717) is 6.54 Å². The van der Waals surface area contributed by atoms with Crippen LogP contribution in [-0.2, 0) is 7.05 Å². The van der Waals surface area contributed by atoms with E-state index in [0.717, 1.165) is 29.9 Å². The predicted octanol–water partition coefficient (Wildman–Crippen LogP) is 0.210. The van der Waals surface area contributed by atoms with Gasteiger partial charge in [0.2, 0.25) is 0 Å². The highest BCUT2D eigenvalue weighted by molar-refractivity contribution is 5.96. The van der Waals surface area contributed by atoms with E-state index in [1.165, 1.54) is 0 Å². The molecule has 16 heavy (non-hydrogen) atoms. The van der Waals surface area contributed by atoms with Gasteiger partial charge >= 0.3 is 0 Å². The number of likely N-dealkylation sites (tertiary alicyclic amines) is 1. The van der Waals surface area contributed by atoms with Crippen LogP contribution in [0.5, 0.6) is 0 Å². The number of carbonyl (C=O) groups is 1. The number of aromatic nitrogens is 2. The van der Waals surface area contributed by atoms with Gasteiger partial charge in [0.1, 0.15) is 0 Å². The fourth-order valence-electron chi connectivity index (χ4n) is 2.21. The smallest absolute Gasteiger partial charge is 0.257 e. The van der Waals surface area contributed by atoms with Gasteiger partial charge in [-0.1, -0.05) is 0 Å². The van der Waals surface area contributed by atoms with E-state index in [4.69, 9.17) is 5.73 Å². The average Bonchev–Trinajstić information content (AvgIpc) is 2.73. The summed E-state index contributed by atoms with van der Waals surface area (Å²) in [4.78, 5) is 14.1. The maximum atomic E-state index is 12.3. The molecule has 2 heterocycles. The number of nitrogens with two attached hydrogens (primary N) is 1. The van der Waals surface area contributed by atoms with Crippen LogP contribution < -0.4 is 5.73 Å². The SMILES string of the molecule is Cc1nn(C)c(C)c1C(=O)N1CC[C@H](N)C1. The van der Waals surface area contributed by atoms with Crippen molar-refractivity contribution in [3.63, 3.8) is 0 Å². The Kier molecular flexibility index (Phi) is 2.71. The van der Waals surface area contributed by atoms with Gasteiger partial charge in [0, 0.05) is 31.9 Å². The molecule has 88 valence electrons. The van der Waals surface area contributed by atoms with Crippen molar-refractivity contribution in [2.24, 2.45) is 12.8 Å². The minimum atomic E-state index is 0.0658. The van der Waals surface area contributed by atoms with Gasteiger partial charge in [-0.2, -0.15) is 5.10 Å². The predicted molar refractivity (Wildman–Crippen MR) is 61.2 cm³/mol. The fourth-order valence-corrected chi connectivity index (χ4v) is 2.21. The molecular weight excluding hydrogens is 204 g/mol. The summed E-state index contributed by atoms with van der Waals surface area (Å²) in [6, 6.07) is 0.126. The van der Waals surface area contributed by atoms with Crippen molar-refractivity contribution in [1.29, 1.82) is 0 Å². The number of nitrogens with zero attached hydrogens (tertiary/aromatic N) is 3. The minimum absolute atomic E-state index is 0.0658. The molecular formula is C11H18N4O. The number of hydrogen-bond acceptors (Lipinski definition) is 3. The molecule has 1 aromatic rings. The van der Waals surface area contributed by atoms with Crippen LogP contribution in [0.1, 0.15) is 28.2 Å². The summed E-state index contributed by atoms with van der Waals surface area (Å²) in [5.41, 5.74) is 8.26. The second kappa shape index (κ2) is 3.90. The second-order valence-electron chi connectivity index (χ2n) is 4.47. The monoisotopic (exact) mass is 222 g/mol. The van der Waals surface area contributed by atoms with Crippen LogP contribution in [0.3, 0.4) is 0 Å². The lowest BCUT2D eigenvalue weighted by Crippen LogP contribution is -2.32. The highest BCUT2D eigenvalue weighted by Gasteiger charge is 2.28. The summed E-state index contributed by atoms with van der Waals surface area (Å²) in [6.07, 6.45) is 0.893. The van der Waals surface area contributed by atoms with Crippen LogP contribution >= 0.6 is 0 Å². The Morgan fingerprint density at radius 1 is 1.50 bits per heavy atom. The van der Waals surface area contributed by atoms with Crippen LogP contribution in [0.25, 0.3) is 0 Å². The number of aryl methyl sites for hydroxylation is 2. The van der Waals surface area contributed by atoms with Gasteiger partial charge in [0.25, 0.3) is 5.91 Å². The van der Waals surface area contributed by atoms with E-state index in [1.807, 2.05) is 25.8 Å². The molecule has 2 N–H and O–H groups in total. The van der Waals surface area contributed by atoms with Gasteiger partial charge in [0.05, 0.1) is 11.3 Å². The molecule has 0 aromatic carbocycles. The maximum absolute atomic E-state index is 12.3. The van der Waals surface area contributed by atoms with Gasteiger partial charge < -0.3 is 10.6 Å². The van der Waals surface area contributed by atoms with Crippen molar-refractivity contribution in [3.8, 4) is 0 Å². The highest BCUT2D eigenvalue weighted by atomic mass is 16.2. The molecule has 0 saturated carbocycles. The van der Waals surface area contributed by atoms with E-state index in [2.05, 4.69) is 5.10 Å². The Bertz CT molecular complexity index is 424. The third-order valence-corrected chi connectivity index (χ3v) is 3.23. The van der Waals surface area contributed by atoms with E-state index in [9.17, 15) is 4.79 Å². The van der Waals surface area contributed by atoms with Crippen LogP contribution in [0.15, 0.2) is 0 Å². The quantitative estimate of drug-likeness (QED) is 0.738. The zero-order valence-corrected chi connectivity index (χ0v) is 10.0. The molecule has 1 aliphatic heterocycles. The molecule has 5 nitrogen and oxygen atoms in total. The van der Waals surface area contributed by atoms with E-state index in [-0.39, 0.29) is 11.9 Å². The summed E-state index contributed by atoms with van der Waals surface area (Å²) < 4.78 is 1.75. The van der Waals surface area contributed by atoms with Crippen molar-refractivity contribution < 1.29 is 4.79 Å². The molecule has 1 fully saturated rings. The average molecular weight is 222 g/mol. The topological polar surface area (TPSA) is 64.2 Å². The van der Waals surface area contributed by atoms with Crippen molar-refractivity contribution in [2.75, 3.05) is 13.1 Å². The molecule has 0 unspecified atom stereocenters. The van der Waals surface area contributed by atoms with Crippen molar-refractivity contribution in [1.82, 2.24) is 14.7 Å². The summed E-state index contributed by atoms with van der Waals surface area (Å²) in [7, 11) is 1.86. The number of hydrogen-bond donors (Lipinski definition) is 1. The van der Waals surface area contributed by atoms with Crippen LogP contribution in [0, 0.1) is 13.8 Å². The molecule has 2 rings (SSSR count). The number of carbonyl (C=O) groups excluding carboxylic acids is 1. The standard InChI is InChI=1S/C11H18N4O/c1-7-10(8(2)14(3)13-7)11(16)15-5-4-9(12)6-15/h9H,4-6,12H2,1-3H3/t9-/m0/s1. The van der Waals surface area contributed by atoms with Crippen LogP contribution in [0.4, 0.5) is 0 Å². The van der Waals surface area contributed by atoms with Gasteiger partial charge in [0.15, 0.2) is 0 Å². The van der Waals surface area contributed by atoms with Crippen LogP contribution in [-0.4, -0.2) is 39.7 Å². The zero-order chi connectivity index (χ0) is 11.9. The first kappa shape index (κ1) is 11.1. The largest absolute Gasteiger partial charge is 0.337 e. The zero-order valence-electron chi connectivity index (χ0n) is 10.0. The molecule has 0 bridgehead atoms. The van der Waals surface area contributed by atoms with Gasteiger partial charge in [-0.05, 0) is 20.3 Å². The lowest BCUT2D eigenvalue weighted by molar-refractivity contribution is 0.0789. The normalized spacial score (nSPS) is 20.5. The molecule has 0 spiro atoms. The molecule has 1 aliphatic rings. The third kappa shape index (κ3) is 1.71. The Labute approximate surface area is 95.2 Å². The molecule has 1 atom stereocenters. The van der Waals surface area contributed by atoms with Gasteiger partial charge in [-0.25, -0.2) is 0 Å². The Hall–Kier alpha value is -1.36. The van der Waals surface area contributed by atoms with Crippen molar-refractivity contribution in [2.45, 2.75) is 26.3 Å². The molecule has 1 aromatic heterocycles. The summed E-state index contributed by atoms with van der Waals surface area (Å²) >= 11 is 0. The summed E-state index contributed by atoms with van der Waals surface area (Å²) in [5, 5.41) is 4.26. The minimum Gasteiger partial charge on any atom is -0.337 e. The van der Waals surface area contributed by atoms with Crippen molar-refractivity contribution >= 4 is 5.91 Å². The molecule has 1 saturated heterocycles. The first-order valence-corrected chi connectivity index (χ1v) is 5.55. The number of rotatable bonds is 1. The maximum Gasteiger partial charge on any atom is 0.257 e. The highest BCUT2D eigenvalue weighted by Crippen LogP contribution is 2.17. The van der Waals surface area contributed by atoms with E-state index < -0.39 is 0 Å². The Morgan fingerprint density at radius 3 is 2.62 bits per heavy atom. The third-order valence-electron chi connectivity index (χ3n) is 3.23. The summed E-state index contributed by atoms with van der Waals surface area (Å²) in [6.45, 7) is 5.21. The van der Waals surface area contributed by atoms with Crippen molar-refractivity contribution in [3.05, 3.63) is 17.0 Å². The first-order chi connectivity index (χ1) is 7.50. The Balaban J connectivity index is 2.27. The van der Waals surface area contributed by atoms with Gasteiger partial charge in [-0.3, -0.25) is 9.48 Å². The second-order valence-corrected chi connectivity index (χ2v) is 4.47.